The first-order valence-corrected chi connectivity index (χ1v) is 4.06. The maximum Gasteiger partial charge on any atom is 0.0430 e. The fraction of sp³-hybridized carbons (Fsp3) is 0.556. The summed E-state index contributed by atoms with van der Waals surface area (Å²) in [5.74, 6) is 0.649. The first-order valence-electron chi connectivity index (χ1n) is 3.52. The topological polar surface area (TPSA) is 0 Å². The lowest BCUT2D eigenvalue weighted by Gasteiger charge is -1.95. The molecule has 0 aromatic heterocycles. The Morgan fingerprint density at radius 3 is 2.50 bits per heavy atom. The Morgan fingerprint density at radius 2 is 2.10 bits per heavy atom. The Hall–Kier alpha value is -0.230. The predicted molar refractivity (Wildman–Crippen MR) is 48.5 cm³/mol. The maximum atomic E-state index is 5.58. The maximum absolute atomic E-state index is 5.58. The van der Waals surface area contributed by atoms with Crippen molar-refractivity contribution in [2.45, 2.75) is 26.7 Å². The van der Waals surface area contributed by atoms with Crippen LogP contribution in [0.15, 0.2) is 23.8 Å². The van der Waals surface area contributed by atoms with Crippen LogP contribution < -0.4 is 0 Å². The van der Waals surface area contributed by atoms with Crippen LogP contribution in [0.5, 0.6) is 0 Å². The Balaban J connectivity index is 3.43. The van der Waals surface area contributed by atoms with E-state index in [1.165, 1.54) is 11.1 Å². The van der Waals surface area contributed by atoms with Crippen molar-refractivity contribution in [3.05, 3.63) is 23.8 Å². The molecule has 0 bridgehead atoms. The van der Waals surface area contributed by atoms with Gasteiger partial charge in [-0.25, -0.2) is 0 Å². The second-order valence-electron chi connectivity index (χ2n) is 2.68. The number of allylic oxidation sites excluding steroid dienone is 3. The van der Waals surface area contributed by atoms with Crippen molar-refractivity contribution in [2.24, 2.45) is 0 Å². The molecule has 58 valence electrons. The summed E-state index contributed by atoms with van der Waals surface area (Å²) < 4.78 is 0. The Kier molecular flexibility index (Phi) is 5.42. The van der Waals surface area contributed by atoms with Crippen molar-refractivity contribution in [3.8, 4) is 0 Å². The smallest absolute Gasteiger partial charge is 0.0430 e. The molecule has 0 aliphatic heterocycles. The van der Waals surface area contributed by atoms with Crippen molar-refractivity contribution in [1.82, 2.24) is 0 Å². The molecule has 0 saturated carbocycles. The van der Waals surface area contributed by atoms with Crippen LogP contribution in [0.25, 0.3) is 0 Å². The van der Waals surface area contributed by atoms with Crippen LogP contribution in [0.1, 0.15) is 26.7 Å². The number of hydrogen-bond acceptors (Lipinski definition) is 0. The van der Waals surface area contributed by atoms with E-state index in [9.17, 15) is 0 Å². The van der Waals surface area contributed by atoms with Crippen LogP contribution in [0.4, 0.5) is 0 Å². The van der Waals surface area contributed by atoms with Gasteiger partial charge in [-0.1, -0.05) is 17.2 Å². The summed E-state index contributed by atoms with van der Waals surface area (Å²) in [7, 11) is 0. The van der Waals surface area contributed by atoms with E-state index in [1.54, 1.807) is 0 Å². The molecule has 0 saturated heterocycles. The van der Waals surface area contributed by atoms with Gasteiger partial charge >= 0.3 is 0 Å². The molecule has 0 N–H and O–H groups in total. The molecule has 1 heteroatoms. The molecule has 0 aliphatic rings. The third kappa shape index (κ3) is 5.90. The summed E-state index contributed by atoms with van der Waals surface area (Å²) in [5, 5.41) is 0. The van der Waals surface area contributed by atoms with E-state index in [0.717, 1.165) is 12.8 Å². The monoisotopic (exact) mass is 158 g/mol. The molecule has 0 aliphatic carbocycles. The molecule has 0 fully saturated rings. The average Bonchev–Trinajstić information content (AvgIpc) is 1.87. The quantitative estimate of drug-likeness (QED) is 0.434. The summed E-state index contributed by atoms with van der Waals surface area (Å²) in [6.45, 7) is 7.91. The second-order valence-corrected chi connectivity index (χ2v) is 2.95. The number of halogens is 1. The largest absolute Gasteiger partial charge is 0.122 e. The molecule has 0 spiro atoms. The van der Waals surface area contributed by atoms with Crippen molar-refractivity contribution in [3.63, 3.8) is 0 Å². The van der Waals surface area contributed by atoms with E-state index in [1.807, 2.05) is 13.8 Å². The number of hydrogen-bond donors (Lipinski definition) is 0. The highest BCUT2D eigenvalue weighted by Gasteiger charge is 1.86. The van der Waals surface area contributed by atoms with Gasteiger partial charge in [0.05, 0.1) is 0 Å². The molecule has 0 nitrogen and oxygen atoms in total. The van der Waals surface area contributed by atoms with Crippen LogP contribution in [0.2, 0.25) is 0 Å². The fourth-order valence-corrected chi connectivity index (χ4v) is 0.729. The lowest BCUT2D eigenvalue weighted by molar-refractivity contribution is 0.973. The van der Waals surface area contributed by atoms with E-state index in [2.05, 4.69) is 12.7 Å². The van der Waals surface area contributed by atoms with Crippen LogP contribution >= 0.6 is 11.6 Å². The first kappa shape index (κ1) is 9.77. The third-order valence-electron chi connectivity index (χ3n) is 1.27. The Bertz CT molecular complexity index is 134. The Morgan fingerprint density at radius 1 is 1.50 bits per heavy atom. The summed E-state index contributed by atoms with van der Waals surface area (Å²) in [6, 6.07) is 0. The highest BCUT2D eigenvalue weighted by Crippen LogP contribution is 2.04. The molecule has 0 atom stereocenters. The van der Waals surface area contributed by atoms with Gasteiger partial charge in [-0.05, 0) is 26.7 Å². The van der Waals surface area contributed by atoms with E-state index in [0.29, 0.717) is 5.88 Å². The molecule has 10 heavy (non-hydrogen) atoms. The lowest BCUT2D eigenvalue weighted by atomic mass is 10.1. The molecule has 0 radical (unpaired) electrons. The number of alkyl halides is 1. The Labute approximate surface area is 68.6 Å². The number of rotatable bonds is 4. The third-order valence-corrected chi connectivity index (χ3v) is 1.70. The molecule has 0 aromatic rings. The highest BCUT2D eigenvalue weighted by atomic mass is 35.5. The first-order chi connectivity index (χ1) is 4.66. The summed E-state index contributed by atoms with van der Waals surface area (Å²) in [4.78, 5) is 0. The molecule has 0 aromatic carbocycles. The summed E-state index contributed by atoms with van der Waals surface area (Å²) in [5.41, 5.74) is 2.49. The molecule has 0 amide bonds. The van der Waals surface area contributed by atoms with Crippen molar-refractivity contribution in [1.29, 1.82) is 0 Å². The van der Waals surface area contributed by atoms with Crippen LogP contribution in [-0.4, -0.2) is 5.88 Å². The summed E-state index contributed by atoms with van der Waals surface area (Å²) >= 11 is 5.58. The minimum absolute atomic E-state index is 0.649. The van der Waals surface area contributed by atoms with Crippen molar-refractivity contribution in [2.75, 3.05) is 5.88 Å². The second kappa shape index (κ2) is 5.55. The van der Waals surface area contributed by atoms with Gasteiger partial charge in [0, 0.05) is 5.88 Å². The molecular weight excluding hydrogens is 144 g/mol. The SMILES string of the molecule is C=C(C)CCC=C(C)CCl. The minimum Gasteiger partial charge on any atom is -0.122 e. The lowest BCUT2D eigenvalue weighted by Crippen LogP contribution is -1.78. The van der Waals surface area contributed by atoms with E-state index in [4.69, 9.17) is 11.6 Å². The summed E-state index contributed by atoms with van der Waals surface area (Å²) in [6.07, 6.45) is 4.32. The van der Waals surface area contributed by atoms with Gasteiger partial charge < -0.3 is 0 Å². The zero-order valence-corrected chi connectivity index (χ0v) is 7.54. The molecule has 0 unspecified atom stereocenters. The van der Waals surface area contributed by atoms with Gasteiger partial charge in [0.25, 0.3) is 0 Å². The standard InChI is InChI=1S/C9H15Cl/c1-8(2)5-4-6-9(3)7-10/h6H,1,4-5,7H2,2-3H3. The van der Waals surface area contributed by atoms with Crippen molar-refractivity contribution >= 4 is 11.6 Å². The molecule has 0 heterocycles. The predicted octanol–water partition coefficient (Wildman–Crippen LogP) is 3.53. The van der Waals surface area contributed by atoms with Gasteiger partial charge in [-0.3, -0.25) is 0 Å². The highest BCUT2D eigenvalue weighted by molar-refractivity contribution is 6.19. The molecular formula is C9H15Cl. The zero-order valence-electron chi connectivity index (χ0n) is 6.78. The van der Waals surface area contributed by atoms with Gasteiger partial charge in [0.15, 0.2) is 0 Å². The zero-order chi connectivity index (χ0) is 7.98. The van der Waals surface area contributed by atoms with E-state index in [-0.39, 0.29) is 0 Å². The average molecular weight is 159 g/mol. The fourth-order valence-electron chi connectivity index (χ4n) is 0.620. The minimum atomic E-state index is 0.649. The van der Waals surface area contributed by atoms with E-state index >= 15 is 0 Å². The van der Waals surface area contributed by atoms with Gasteiger partial charge in [0.1, 0.15) is 0 Å². The van der Waals surface area contributed by atoms with Gasteiger partial charge in [-0.2, -0.15) is 0 Å². The van der Waals surface area contributed by atoms with Gasteiger partial charge in [0.2, 0.25) is 0 Å². The normalized spacial score (nSPS) is 11.7. The van der Waals surface area contributed by atoms with Crippen LogP contribution in [0, 0.1) is 0 Å². The van der Waals surface area contributed by atoms with Crippen molar-refractivity contribution < 1.29 is 0 Å². The van der Waals surface area contributed by atoms with Crippen LogP contribution in [0.3, 0.4) is 0 Å². The van der Waals surface area contributed by atoms with E-state index < -0.39 is 0 Å². The molecule has 0 rings (SSSR count). The van der Waals surface area contributed by atoms with Crippen LogP contribution in [-0.2, 0) is 0 Å². The van der Waals surface area contributed by atoms with Gasteiger partial charge in [-0.15, -0.1) is 18.2 Å².